The molecule has 1 atom stereocenters. The minimum Gasteiger partial charge on any atom is -0.379 e. The van der Waals surface area contributed by atoms with Gasteiger partial charge >= 0.3 is 6.18 Å². The second-order valence-electron chi connectivity index (χ2n) is 9.30. The molecule has 0 radical (unpaired) electrons. The Morgan fingerprint density at radius 3 is 2.14 bits per heavy atom. The van der Waals surface area contributed by atoms with Crippen molar-refractivity contribution in [3.05, 3.63) is 89.0 Å². The highest BCUT2D eigenvalue weighted by atomic mass is 19.4. The van der Waals surface area contributed by atoms with Crippen molar-refractivity contribution >= 4 is 11.6 Å². The smallest absolute Gasteiger partial charge is 0.379 e. The van der Waals surface area contributed by atoms with Gasteiger partial charge in [0, 0.05) is 31.2 Å². The van der Waals surface area contributed by atoms with Gasteiger partial charge in [-0.1, -0.05) is 36.4 Å². The zero-order valence-corrected chi connectivity index (χ0v) is 19.9. The first-order valence-electron chi connectivity index (χ1n) is 11.5. The minimum absolute atomic E-state index is 0.0149. The van der Waals surface area contributed by atoms with Gasteiger partial charge in [-0.25, -0.2) is 0 Å². The molecule has 1 fully saturated rings. The first kappa shape index (κ1) is 25.9. The van der Waals surface area contributed by atoms with E-state index in [1.165, 1.54) is 19.1 Å². The van der Waals surface area contributed by atoms with Crippen molar-refractivity contribution in [2.75, 3.05) is 25.0 Å². The largest absolute Gasteiger partial charge is 0.417 e. The molecule has 2 N–H and O–H groups in total. The van der Waals surface area contributed by atoms with Crippen molar-refractivity contribution in [3.63, 3.8) is 0 Å². The summed E-state index contributed by atoms with van der Waals surface area (Å²) in [4.78, 5) is 14.5. The summed E-state index contributed by atoms with van der Waals surface area (Å²) in [6.45, 7) is 2.57. The summed E-state index contributed by atoms with van der Waals surface area (Å²) in [6, 6.07) is 21.9. The van der Waals surface area contributed by atoms with E-state index in [0.717, 1.165) is 22.8 Å². The van der Waals surface area contributed by atoms with Gasteiger partial charge in [0.15, 0.2) is 5.60 Å². The van der Waals surface area contributed by atoms with E-state index in [4.69, 9.17) is 10.5 Å². The van der Waals surface area contributed by atoms with Crippen LogP contribution in [0.25, 0.3) is 11.1 Å². The lowest BCUT2D eigenvalue weighted by Crippen LogP contribution is -2.55. The van der Waals surface area contributed by atoms with Crippen LogP contribution in [0, 0.1) is 22.7 Å². The molecule has 1 unspecified atom stereocenters. The molecule has 1 saturated heterocycles. The van der Waals surface area contributed by atoms with E-state index in [-0.39, 0.29) is 18.2 Å². The molecule has 4 rings (SSSR count). The Kier molecular flexibility index (Phi) is 7.04. The highest BCUT2D eigenvalue weighted by Gasteiger charge is 2.38. The van der Waals surface area contributed by atoms with Gasteiger partial charge in [-0.15, -0.1) is 0 Å². The summed E-state index contributed by atoms with van der Waals surface area (Å²) in [7, 11) is 0. The van der Waals surface area contributed by atoms with Crippen molar-refractivity contribution in [1.29, 1.82) is 10.5 Å². The van der Waals surface area contributed by atoms with Gasteiger partial charge in [-0.05, 0) is 53.9 Å². The third-order valence-corrected chi connectivity index (χ3v) is 6.41. The number of likely N-dealkylation sites (tertiary alicyclic amines) is 1. The molecule has 9 heteroatoms. The van der Waals surface area contributed by atoms with E-state index in [0.29, 0.717) is 24.7 Å². The van der Waals surface area contributed by atoms with Crippen LogP contribution in [-0.2, 0) is 11.0 Å². The molecule has 1 heterocycles. The summed E-state index contributed by atoms with van der Waals surface area (Å²) in [5.74, 6) is -0.609. The lowest BCUT2D eigenvalue weighted by molar-refractivity contribution is -0.138. The number of alkyl halides is 3. The van der Waals surface area contributed by atoms with Crippen LogP contribution in [0.1, 0.15) is 35.1 Å². The van der Waals surface area contributed by atoms with Gasteiger partial charge < -0.3 is 10.4 Å². The molecular formula is C28H23F3N4O2. The van der Waals surface area contributed by atoms with Crippen LogP contribution in [0.4, 0.5) is 18.9 Å². The number of nitrogens with zero attached hydrogens (tertiary/aromatic N) is 3. The fourth-order valence-electron chi connectivity index (χ4n) is 4.32. The molecule has 188 valence electrons. The normalized spacial score (nSPS) is 15.6. The van der Waals surface area contributed by atoms with Crippen LogP contribution in [0.3, 0.4) is 0 Å². The van der Waals surface area contributed by atoms with Crippen LogP contribution in [0.2, 0.25) is 0 Å². The van der Waals surface area contributed by atoms with Gasteiger partial charge in [-0.3, -0.25) is 9.69 Å². The first-order valence-corrected chi connectivity index (χ1v) is 11.5. The van der Waals surface area contributed by atoms with Gasteiger partial charge in [-0.2, -0.15) is 23.7 Å². The Hall–Kier alpha value is -4.18. The summed E-state index contributed by atoms with van der Waals surface area (Å²) in [5, 5.41) is 30.9. The summed E-state index contributed by atoms with van der Waals surface area (Å²) >= 11 is 0. The van der Waals surface area contributed by atoms with E-state index in [2.05, 4.69) is 11.4 Å². The number of aliphatic hydroxyl groups is 1. The highest BCUT2D eigenvalue weighted by Crippen LogP contribution is 2.34. The molecule has 0 bridgehead atoms. The maximum atomic E-state index is 13.2. The monoisotopic (exact) mass is 504 g/mol. The number of hydrogen-bond acceptors (Lipinski definition) is 5. The van der Waals surface area contributed by atoms with Gasteiger partial charge in [0.1, 0.15) is 0 Å². The maximum Gasteiger partial charge on any atom is 0.417 e. The predicted octanol–water partition coefficient (Wildman–Crippen LogP) is 4.90. The molecule has 0 aromatic heterocycles. The molecule has 6 nitrogen and oxygen atoms in total. The number of anilines is 1. The molecule has 1 amide bonds. The number of nitrogens with one attached hydrogen (secondary N) is 1. The van der Waals surface area contributed by atoms with Gasteiger partial charge in [0.25, 0.3) is 5.91 Å². The Bertz CT molecular complexity index is 1380. The quantitative estimate of drug-likeness (QED) is 0.497. The van der Waals surface area contributed by atoms with Crippen LogP contribution in [0.5, 0.6) is 0 Å². The predicted molar refractivity (Wildman–Crippen MR) is 131 cm³/mol. The molecule has 0 spiro atoms. The summed E-state index contributed by atoms with van der Waals surface area (Å²) in [5.41, 5.74) is 0.0689. The average molecular weight is 505 g/mol. The number of rotatable bonds is 6. The Morgan fingerprint density at radius 1 is 1.00 bits per heavy atom. The van der Waals surface area contributed by atoms with Crippen LogP contribution in [-0.4, -0.2) is 41.1 Å². The van der Waals surface area contributed by atoms with Crippen molar-refractivity contribution < 1.29 is 23.1 Å². The maximum absolute atomic E-state index is 13.2. The Balaban J connectivity index is 1.34. The van der Waals surface area contributed by atoms with Crippen LogP contribution in [0.15, 0.2) is 66.7 Å². The lowest BCUT2D eigenvalue weighted by atomic mass is 9.88. The zero-order chi connectivity index (χ0) is 26.8. The molecular weight excluding hydrogens is 481 g/mol. The lowest BCUT2D eigenvalue weighted by Gasteiger charge is -2.42. The molecule has 3 aromatic carbocycles. The number of halogens is 3. The number of nitriles is 2. The molecule has 3 aromatic rings. The van der Waals surface area contributed by atoms with E-state index < -0.39 is 28.8 Å². The molecule has 0 saturated carbocycles. The van der Waals surface area contributed by atoms with Crippen molar-refractivity contribution in [1.82, 2.24) is 4.90 Å². The molecule has 37 heavy (non-hydrogen) atoms. The number of carbonyl (C=O) groups is 1. The van der Waals surface area contributed by atoms with Gasteiger partial charge in [0.05, 0.1) is 28.8 Å². The topological polar surface area (TPSA) is 100 Å². The van der Waals surface area contributed by atoms with E-state index in [1.54, 1.807) is 12.1 Å². The highest BCUT2D eigenvalue weighted by molar-refractivity contribution is 5.97. The Morgan fingerprint density at radius 2 is 1.59 bits per heavy atom. The molecule has 1 aliphatic heterocycles. The number of benzene rings is 3. The standard InChI is InChI=1S/C28H23F3N4O2/c1-27(37,26(36)34-24-11-10-22(14-33)25(12-24)28(29,30)31)17-35-15-23(16-35)21-8-6-20(7-9-21)19-4-2-18(13-32)3-5-19/h2-12,23,37H,15-17H2,1H3,(H,34,36). The SMILES string of the molecule is CC(O)(CN1CC(c2ccc(-c3ccc(C#N)cc3)cc2)C1)C(=O)Nc1ccc(C#N)c(C(F)(F)F)c1. The summed E-state index contributed by atoms with van der Waals surface area (Å²) < 4.78 is 39.6. The minimum atomic E-state index is -4.75. The fraction of sp³-hybridized carbons (Fsp3) is 0.250. The molecule has 0 aliphatic carbocycles. The number of amides is 1. The second kappa shape index (κ2) is 10.1. The summed E-state index contributed by atoms with van der Waals surface area (Å²) in [6.07, 6.45) is -4.75. The fourth-order valence-corrected chi connectivity index (χ4v) is 4.32. The number of hydrogen-bond donors (Lipinski definition) is 2. The van der Waals surface area contributed by atoms with Crippen molar-refractivity contribution in [3.8, 4) is 23.3 Å². The first-order chi connectivity index (χ1) is 17.5. The Labute approximate surface area is 212 Å². The van der Waals surface area contributed by atoms with Crippen LogP contribution < -0.4 is 5.32 Å². The van der Waals surface area contributed by atoms with E-state index in [9.17, 15) is 23.1 Å². The van der Waals surface area contributed by atoms with Crippen molar-refractivity contribution in [2.45, 2.75) is 24.6 Å². The van der Waals surface area contributed by atoms with E-state index >= 15 is 0 Å². The van der Waals surface area contributed by atoms with Crippen LogP contribution >= 0.6 is 0 Å². The third-order valence-electron chi connectivity index (χ3n) is 6.41. The van der Waals surface area contributed by atoms with Gasteiger partial charge in [0.2, 0.25) is 0 Å². The second-order valence-corrected chi connectivity index (χ2v) is 9.30. The third kappa shape index (κ3) is 5.80. The van der Waals surface area contributed by atoms with Crippen molar-refractivity contribution in [2.24, 2.45) is 0 Å². The average Bonchev–Trinajstić information content (AvgIpc) is 2.85. The number of carbonyl (C=O) groups excluding carboxylic acids is 1. The zero-order valence-electron chi connectivity index (χ0n) is 19.9. The van der Waals surface area contributed by atoms with E-state index in [1.807, 2.05) is 41.3 Å². The number of β-amino-alcohol motifs (C(OH)–C–C–N with tert-alkyl or cyclic N) is 1. The molecule has 1 aliphatic rings.